The number of rotatable bonds is 6. The first kappa shape index (κ1) is 19.1. The van der Waals surface area contributed by atoms with Gasteiger partial charge in [0.2, 0.25) is 5.91 Å². The van der Waals surface area contributed by atoms with Crippen molar-refractivity contribution < 1.29 is 9.53 Å². The molecule has 8 nitrogen and oxygen atoms in total. The molecular weight excluding hydrogens is 370 g/mol. The zero-order valence-electron chi connectivity index (χ0n) is 16.1. The highest BCUT2D eigenvalue weighted by molar-refractivity contribution is 5.78. The van der Waals surface area contributed by atoms with Crippen molar-refractivity contribution in [2.75, 3.05) is 31.2 Å². The lowest BCUT2D eigenvalue weighted by molar-refractivity contribution is -0.121. The summed E-state index contributed by atoms with van der Waals surface area (Å²) in [6.45, 7) is 3.11. The number of aryl methyl sites for hydroxylation is 1. The number of benzene rings is 1. The van der Waals surface area contributed by atoms with Crippen LogP contribution in [0.15, 0.2) is 53.6 Å². The van der Waals surface area contributed by atoms with E-state index in [0.29, 0.717) is 38.7 Å². The lowest BCUT2D eigenvalue weighted by Gasteiger charge is -2.28. The SMILES string of the molecule is O=C(CCn1c(=O)c(N2CCOCC2)nc2ccccc21)NCc1cccnc1. The Morgan fingerprint density at radius 1 is 1.14 bits per heavy atom. The molecule has 1 aliphatic heterocycles. The molecule has 1 amide bonds. The van der Waals surface area contributed by atoms with E-state index < -0.39 is 0 Å². The number of pyridine rings is 1. The lowest BCUT2D eigenvalue weighted by Crippen LogP contribution is -2.41. The lowest BCUT2D eigenvalue weighted by atomic mass is 10.2. The second kappa shape index (κ2) is 8.83. The quantitative estimate of drug-likeness (QED) is 0.680. The number of carbonyl (C=O) groups is 1. The fourth-order valence-electron chi connectivity index (χ4n) is 3.39. The van der Waals surface area contributed by atoms with Crippen molar-refractivity contribution in [3.63, 3.8) is 0 Å². The van der Waals surface area contributed by atoms with Crippen LogP contribution in [0.2, 0.25) is 0 Å². The summed E-state index contributed by atoms with van der Waals surface area (Å²) < 4.78 is 7.04. The summed E-state index contributed by atoms with van der Waals surface area (Å²) in [7, 11) is 0. The van der Waals surface area contributed by atoms with Crippen LogP contribution in [0.3, 0.4) is 0 Å². The molecule has 150 valence electrons. The van der Waals surface area contributed by atoms with Crippen molar-refractivity contribution in [2.45, 2.75) is 19.5 Å². The first-order valence-corrected chi connectivity index (χ1v) is 9.70. The van der Waals surface area contributed by atoms with Crippen molar-refractivity contribution in [2.24, 2.45) is 0 Å². The average molecular weight is 393 g/mol. The van der Waals surface area contributed by atoms with Gasteiger partial charge in [-0.1, -0.05) is 18.2 Å². The van der Waals surface area contributed by atoms with Gasteiger partial charge in [0.1, 0.15) is 0 Å². The van der Waals surface area contributed by atoms with E-state index >= 15 is 0 Å². The Morgan fingerprint density at radius 2 is 1.97 bits per heavy atom. The Hall–Kier alpha value is -3.26. The third-order valence-corrected chi connectivity index (χ3v) is 4.92. The highest BCUT2D eigenvalue weighted by Crippen LogP contribution is 2.16. The predicted octanol–water partition coefficient (Wildman–Crippen LogP) is 1.33. The third kappa shape index (κ3) is 4.43. The van der Waals surface area contributed by atoms with Crippen LogP contribution >= 0.6 is 0 Å². The number of nitrogens with zero attached hydrogens (tertiary/aromatic N) is 4. The molecule has 0 radical (unpaired) electrons. The number of nitrogens with one attached hydrogen (secondary N) is 1. The van der Waals surface area contributed by atoms with E-state index in [-0.39, 0.29) is 24.4 Å². The van der Waals surface area contributed by atoms with Crippen molar-refractivity contribution >= 4 is 22.8 Å². The molecule has 1 saturated heterocycles. The van der Waals surface area contributed by atoms with Gasteiger partial charge in [0.25, 0.3) is 5.56 Å². The molecule has 29 heavy (non-hydrogen) atoms. The minimum Gasteiger partial charge on any atom is -0.378 e. The van der Waals surface area contributed by atoms with E-state index in [9.17, 15) is 9.59 Å². The van der Waals surface area contributed by atoms with Gasteiger partial charge in [-0.25, -0.2) is 4.98 Å². The Morgan fingerprint density at radius 3 is 2.76 bits per heavy atom. The second-order valence-corrected chi connectivity index (χ2v) is 6.87. The molecule has 0 spiro atoms. The first-order chi connectivity index (χ1) is 14.2. The van der Waals surface area contributed by atoms with Crippen molar-refractivity contribution in [3.8, 4) is 0 Å². The number of ether oxygens (including phenoxy) is 1. The molecule has 3 aromatic rings. The molecule has 1 fully saturated rings. The standard InChI is InChI=1S/C21H23N5O3/c27-19(23-15-16-4-3-8-22-14-16)7-9-26-18-6-2-1-5-17(18)24-20(21(26)28)25-10-12-29-13-11-25/h1-6,8,14H,7,9-13,15H2,(H,23,27). The maximum atomic E-state index is 13.2. The molecular formula is C21H23N5O3. The number of hydrogen-bond acceptors (Lipinski definition) is 6. The van der Waals surface area contributed by atoms with Crippen LogP contribution in [0.5, 0.6) is 0 Å². The summed E-state index contributed by atoms with van der Waals surface area (Å²) in [5.74, 6) is 0.303. The number of anilines is 1. The first-order valence-electron chi connectivity index (χ1n) is 9.70. The zero-order chi connectivity index (χ0) is 20.1. The van der Waals surface area contributed by atoms with E-state index in [4.69, 9.17) is 4.74 Å². The minimum absolute atomic E-state index is 0.116. The number of amides is 1. The molecule has 0 bridgehead atoms. The Bertz CT molecular complexity index is 1050. The summed E-state index contributed by atoms with van der Waals surface area (Å²) in [5, 5.41) is 2.88. The van der Waals surface area contributed by atoms with Gasteiger partial charge >= 0.3 is 0 Å². The molecule has 1 aromatic carbocycles. The molecule has 4 rings (SSSR count). The predicted molar refractivity (Wildman–Crippen MR) is 110 cm³/mol. The zero-order valence-corrected chi connectivity index (χ0v) is 16.1. The largest absolute Gasteiger partial charge is 0.378 e. The summed E-state index contributed by atoms with van der Waals surface area (Å²) in [4.78, 5) is 36.1. The Balaban J connectivity index is 1.53. The summed E-state index contributed by atoms with van der Waals surface area (Å²) in [6.07, 6.45) is 3.62. The maximum absolute atomic E-state index is 13.2. The monoisotopic (exact) mass is 393 g/mol. The number of aromatic nitrogens is 3. The van der Waals surface area contributed by atoms with Crippen LogP contribution in [0.4, 0.5) is 5.82 Å². The Labute approximate surface area is 168 Å². The summed E-state index contributed by atoms with van der Waals surface area (Å²) in [5.41, 5.74) is 2.23. The number of hydrogen-bond donors (Lipinski definition) is 1. The fourth-order valence-corrected chi connectivity index (χ4v) is 3.39. The Kier molecular flexibility index (Phi) is 5.81. The van der Waals surface area contributed by atoms with Crippen LogP contribution < -0.4 is 15.8 Å². The number of fused-ring (bicyclic) bond motifs is 1. The number of carbonyl (C=O) groups excluding carboxylic acids is 1. The molecule has 0 aliphatic carbocycles. The molecule has 1 aliphatic rings. The maximum Gasteiger partial charge on any atom is 0.294 e. The van der Waals surface area contributed by atoms with Crippen LogP contribution in [-0.2, 0) is 22.6 Å². The summed E-state index contributed by atoms with van der Waals surface area (Å²) >= 11 is 0. The van der Waals surface area contributed by atoms with Crippen molar-refractivity contribution in [3.05, 3.63) is 64.7 Å². The average Bonchev–Trinajstić information content (AvgIpc) is 2.78. The summed E-state index contributed by atoms with van der Waals surface area (Å²) in [6, 6.07) is 11.3. The minimum atomic E-state index is -0.175. The van der Waals surface area contributed by atoms with Gasteiger partial charge in [-0.3, -0.25) is 14.6 Å². The second-order valence-electron chi connectivity index (χ2n) is 6.87. The van der Waals surface area contributed by atoms with Crippen LogP contribution in [0.1, 0.15) is 12.0 Å². The van der Waals surface area contributed by atoms with E-state index in [2.05, 4.69) is 15.3 Å². The molecule has 0 atom stereocenters. The van der Waals surface area contributed by atoms with E-state index in [0.717, 1.165) is 16.6 Å². The molecule has 3 heterocycles. The van der Waals surface area contributed by atoms with Crippen LogP contribution in [-0.4, -0.2) is 46.7 Å². The van der Waals surface area contributed by atoms with Crippen molar-refractivity contribution in [1.29, 1.82) is 0 Å². The van der Waals surface area contributed by atoms with Gasteiger partial charge in [-0.15, -0.1) is 0 Å². The van der Waals surface area contributed by atoms with Crippen LogP contribution in [0.25, 0.3) is 11.0 Å². The van der Waals surface area contributed by atoms with Gasteiger partial charge in [0.05, 0.1) is 24.2 Å². The van der Waals surface area contributed by atoms with Gasteiger partial charge in [-0.05, 0) is 23.8 Å². The van der Waals surface area contributed by atoms with Gasteiger partial charge in [0, 0.05) is 45.0 Å². The fraction of sp³-hybridized carbons (Fsp3) is 0.333. The molecule has 0 unspecified atom stereocenters. The molecule has 8 heteroatoms. The van der Waals surface area contributed by atoms with E-state index in [1.54, 1.807) is 17.0 Å². The normalized spacial score (nSPS) is 14.1. The van der Waals surface area contributed by atoms with Gasteiger partial charge in [0.15, 0.2) is 5.82 Å². The number of morpholine rings is 1. The third-order valence-electron chi connectivity index (χ3n) is 4.92. The van der Waals surface area contributed by atoms with Crippen LogP contribution in [0, 0.1) is 0 Å². The van der Waals surface area contributed by atoms with Gasteiger partial charge in [-0.2, -0.15) is 0 Å². The molecule has 1 N–H and O–H groups in total. The van der Waals surface area contributed by atoms with Gasteiger partial charge < -0.3 is 19.5 Å². The van der Waals surface area contributed by atoms with Crippen molar-refractivity contribution in [1.82, 2.24) is 19.9 Å². The highest BCUT2D eigenvalue weighted by Gasteiger charge is 2.19. The smallest absolute Gasteiger partial charge is 0.294 e. The van der Waals surface area contributed by atoms with E-state index in [1.165, 1.54) is 0 Å². The number of para-hydroxylation sites is 2. The molecule has 2 aromatic heterocycles. The van der Waals surface area contributed by atoms with E-state index in [1.807, 2.05) is 41.3 Å². The topological polar surface area (TPSA) is 89.4 Å². The molecule has 0 saturated carbocycles. The highest BCUT2D eigenvalue weighted by atomic mass is 16.5.